The normalized spacial score (nSPS) is 12.4. The molecule has 1 nitrogen and oxygen atoms in total. The monoisotopic (exact) mass is 316 g/mol. The molecule has 0 saturated carbocycles. The molecule has 0 aliphatic carbocycles. The number of rotatable bonds is 8. The largest absolute Gasteiger partial charge is 0.494 e. The summed E-state index contributed by atoms with van der Waals surface area (Å²) in [5.41, 5.74) is 0.990. The van der Waals surface area contributed by atoms with Gasteiger partial charge in [-0.3, -0.25) is 0 Å². The Bertz CT molecular complexity index is 354. The second-order valence-corrected chi connectivity index (χ2v) is 5.67. The fourth-order valence-corrected chi connectivity index (χ4v) is 2.58. The lowest BCUT2D eigenvalue weighted by Crippen LogP contribution is -1.94. The first-order valence-corrected chi connectivity index (χ1v) is 7.58. The van der Waals surface area contributed by atoms with Crippen molar-refractivity contribution in [2.24, 2.45) is 0 Å². The minimum atomic E-state index is -0.287. The predicted octanol–water partition coefficient (Wildman–Crippen LogP) is 5.63. The lowest BCUT2D eigenvalue weighted by atomic mass is 10.0. The second kappa shape index (κ2) is 8.52. The first-order chi connectivity index (χ1) is 8.69. The molecule has 1 atom stereocenters. The highest BCUT2D eigenvalue weighted by atomic mass is 79.9. The Labute approximate surface area is 118 Å². The van der Waals surface area contributed by atoms with Gasteiger partial charge in [0.05, 0.1) is 7.11 Å². The average Bonchev–Trinajstić information content (AvgIpc) is 2.38. The minimum Gasteiger partial charge on any atom is -0.494 e. The van der Waals surface area contributed by atoms with Crippen molar-refractivity contribution in [2.45, 2.75) is 50.3 Å². The molecule has 1 aromatic carbocycles. The van der Waals surface area contributed by atoms with E-state index in [9.17, 15) is 4.39 Å². The molecule has 0 radical (unpaired) electrons. The number of halogens is 2. The summed E-state index contributed by atoms with van der Waals surface area (Å²) >= 11 is 3.63. The summed E-state index contributed by atoms with van der Waals surface area (Å²) in [4.78, 5) is 0.236. The van der Waals surface area contributed by atoms with Crippen molar-refractivity contribution in [2.75, 3.05) is 7.11 Å². The van der Waals surface area contributed by atoms with Gasteiger partial charge in [0.1, 0.15) is 0 Å². The molecule has 0 N–H and O–H groups in total. The van der Waals surface area contributed by atoms with Gasteiger partial charge in [0.15, 0.2) is 11.6 Å². The molecule has 0 saturated heterocycles. The van der Waals surface area contributed by atoms with Gasteiger partial charge in [-0.2, -0.15) is 0 Å². The van der Waals surface area contributed by atoms with Crippen LogP contribution < -0.4 is 4.74 Å². The van der Waals surface area contributed by atoms with Crippen LogP contribution in [0.15, 0.2) is 18.2 Å². The highest BCUT2D eigenvalue weighted by molar-refractivity contribution is 9.09. The summed E-state index contributed by atoms with van der Waals surface area (Å²) in [6, 6.07) is 5.17. The van der Waals surface area contributed by atoms with Crippen LogP contribution in [0.3, 0.4) is 0 Å². The van der Waals surface area contributed by atoms with Crippen LogP contribution in [0.25, 0.3) is 0 Å². The van der Waals surface area contributed by atoms with Crippen LogP contribution in [0, 0.1) is 5.82 Å². The Kier molecular flexibility index (Phi) is 7.33. The van der Waals surface area contributed by atoms with Crippen LogP contribution in [0.2, 0.25) is 0 Å². The maximum Gasteiger partial charge on any atom is 0.165 e. The molecule has 0 amide bonds. The number of methoxy groups -OCH3 is 1. The molecule has 1 aromatic rings. The third kappa shape index (κ3) is 4.97. The molecule has 102 valence electrons. The zero-order valence-electron chi connectivity index (χ0n) is 11.2. The van der Waals surface area contributed by atoms with Gasteiger partial charge in [-0.15, -0.1) is 0 Å². The maximum absolute atomic E-state index is 13.6. The van der Waals surface area contributed by atoms with Gasteiger partial charge in [-0.05, 0) is 24.1 Å². The number of benzene rings is 1. The van der Waals surface area contributed by atoms with E-state index in [1.807, 2.05) is 6.07 Å². The molecule has 0 aliphatic heterocycles. The Morgan fingerprint density at radius 2 is 1.94 bits per heavy atom. The second-order valence-electron chi connectivity index (χ2n) is 4.56. The van der Waals surface area contributed by atoms with Crippen LogP contribution in [-0.2, 0) is 0 Å². The standard InChI is InChI=1S/C15H22BrFO/c1-3-4-5-6-7-8-13(16)12-9-10-15(18-2)14(17)11-12/h9-11,13H,3-8H2,1-2H3. The summed E-state index contributed by atoms with van der Waals surface area (Å²) in [5, 5.41) is 0. The van der Waals surface area contributed by atoms with E-state index in [1.54, 1.807) is 12.1 Å². The van der Waals surface area contributed by atoms with Crippen molar-refractivity contribution in [1.82, 2.24) is 0 Å². The molecular weight excluding hydrogens is 295 g/mol. The smallest absolute Gasteiger partial charge is 0.165 e. The van der Waals surface area contributed by atoms with Crippen molar-refractivity contribution < 1.29 is 9.13 Å². The molecule has 0 fully saturated rings. The lowest BCUT2D eigenvalue weighted by Gasteiger charge is -2.11. The number of hydrogen-bond acceptors (Lipinski definition) is 1. The molecule has 0 aliphatic rings. The van der Waals surface area contributed by atoms with Crippen molar-refractivity contribution >= 4 is 15.9 Å². The number of unbranched alkanes of at least 4 members (excludes halogenated alkanes) is 4. The SMILES string of the molecule is CCCCCCCC(Br)c1ccc(OC)c(F)c1. The molecule has 0 aromatic heterocycles. The summed E-state index contributed by atoms with van der Waals surface area (Å²) in [7, 11) is 1.48. The van der Waals surface area contributed by atoms with E-state index >= 15 is 0 Å². The molecule has 0 heterocycles. The van der Waals surface area contributed by atoms with Gasteiger partial charge in [0.25, 0.3) is 0 Å². The minimum absolute atomic E-state index is 0.236. The predicted molar refractivity (Wildman–Crippen MR) is 78.0 cm³/mol. The summed E-state index contributed by atoms with van der Waals surface area (Å²) in [5.74, 6) is 0.0202. The van der Waals surface area contributed by atoms with Crippen LogP contribution in [0.5, 0.6) is 5.75 Å². The lowest BCUT2D eigenvalue weighted by molar-refractivity contribution is 0.386. The number of alkyl halides is 1. The van der Waals surface area contributed by atoms with Crippen LogP contribution in [0.4, 0.5) is 4.39 Å². The number of ether oxygens (including phenoxy) is 1. The van der Waals surface area contributed by atoms with E-state index in [4.69, 9.17) is 4.74 Å². The van der Waals surface area contributed by atoms with E-state index in [1.165, 1.54) is 39.2 Å². The average molecular weight is 317 g/mol. The summed E-state index contributed by atoms with van der Waals surface area (Å²) in [6.07, 6.45) is 7.37. The van der Waals surface area contributed by atoms with E-state index in [-0.39, 0.29) is 10.6 Å². The molecule has 18 heavy (non-hydrogen) atoms. The Morgan fingerprint density at radius 1 is 1.22 bits per heavy atom. The molecule has 0 spiro atoms. The van der Waals surface area contributed by atoms with Gasteiger partial charge in [-0.1, -0.05) is 61.0 Å². The first kappa shape index (κ1) is 15.5. The van der Waals surface area contributed by atoms with Crippen molar-refractivity contribution in [3.63, 3.8) is 0 Å². The topological polar surface area (TPSA) is 9.23 Å². The van der Waals surface area contributed by atoms with E-state index in [2.05, 4.69) is 22.9 Å². The maximum atomic E-state index is 13.6. The Hall–Kier alpha value is -0.570. The van der Waals surface area contributed by atoms with Crippen molar-refractivity contribution in [1.29, 1.82) is 0 Å². The third-order valence-corrected chi connectivity index (χ3v) is 4.09. The molecule has 1 unspecified atom stereocenters. The highest BCUT2D eigenvalue weighted by Gasteiger charge is 2.10. The Balaban J connectivity index is 2.41. The van der Waals surface area contributed by atoms with Crippen molar-refractivity contribution in [3.05, 3.63) is 29.6 Å². The fourth-order valence-electron chi connectivity index (χ4n) is 1.97. The van der Waals surface area contributed by atoms with Gasteiger partial charge in [0.2, 0.25) is 0 Å². The molecule has 0 bridgehead atoms. The van der Waals surface area contributed by atoms with Crippen LogP contribution in [-0.4, -0.2) is 7.11 Å². The van der Waals surface area contributed by atoms with Gasteiger partial charge in [0, 0.05) is 4.83 Å². The highest BCUT2D eigenvalue weighted by Crippen LogP contribution is 2.31. The van der Waals surface area contributed by atoms with E-state index in [0.29, 0.717) is 5.75 Å². The van der Waals surface area contributed by atoms with Gasteiger partial charge in [-0.25, -0.2) is 4.39 Å². The quantitative estimate of drug-likeness (QED) is 0.446. The first-order valence-electron chi connectivity index (χ1n) is 6.66. The van der Waals surface area contributed by atoms with Crippen LogP contribution >= 0.6 is 15.9 Å². The van der Waals surface area contributed by atoms with E-state index in [0.717, 1.165) is 12.0 Å². The molecular formula is C15H22BrFO. The molecule has 1 rings (SSSR count). The zero-order chi connectivity index (χ0) is 13.4. The summed E-state index contributed by atoms with van der Waals surface area (Å²) in [6.45, 7) is 2.22. The Morgan fingerprint density at radius 3 is 2.56 bits per heavy atom. The van der Waals surface area contributed by atoms with Gasteiger partial charge >= 0.3 is 0 Å². The molecule has 3 heteroatoms. The summed E-state index contributed by atoms with van der Waals surface area (Å²) < 4.78 is 18.5. The zero-order valence-corrected chi connectivity index (χ0v) is 12.8. The van der Waals surface area contributed by atoms with E-state index < -0.39 is 0 Å². The van der Waals surface area contributed by atoms with Crippen LogP contribution in [0.1, 0.15) is 55.8 Å². The van der Waals surface area contributed by atoms with Gasteiger partial charge < -0.3 is 4.74 Å². The fraction of sp³-hybridized carbons (Fsp3) is 0.600. The van der Waals surface area contributed by atoms with Crippen molar-refractivity contribution in [3.8, 4) is 5.75 Å². The third-order valence-electron chi connectivity index (χ3n) is 3.10. The number of hydrogen-bond donors (Lipinski definition) is 0.